The van der Waals surface area contributed by atoms with Gasteiger partial charge in [0.25, 0.3) is 0 Å². The van der Waals surface area contributed by atoms with Crippen LogP contribution in [0.5, 0.6) is 0 Å². The van der Waals surface area contributed by atoms with Crippen LogP contribution in [-0.4, -0.2) is 35.2 Å². The van der Waals surface area contributed by atoms with Crippen molar-refractivity contribution in [3.8, 4) is 0 Å². The third-order valence-corrected chi connectivity index (χ3v) is 6.87. The number of nitrogens with zero attached hydrogens (tertiary/aromatic N) is 1. The van der Waals surface area contributed by atoms with Crippen molar-refractivity contribution >= 4 is 40.0 Å². The van der Waals surface area contributed by atoms with E-state index in [2.05, 4.69) is 27.7 Å². The molecule has 8 nitrogen and oxygen atoms in total. The normalized spacial score (nSPS) is 20.8. The van der Waals surface area contributed by atoms with Gasteiger partial charge in [-0.3, -0.25) is 14.5 Å². The number of carbonyl (C=O) groups excluding carboxylic acids is 2. The van der Waals surface area contributed by atoms with Crippen LogP contribution in [-0.2, 0) is 6.54 Å². The molecule has 3 aromatic rings. The highest BCUT2D eigenvalue weighted by Crippen LogP contribution is 2.48. The molecule has 0 bridgehead atoms. The van der Waals surface area contributed by atoms with Crippen LogP contribution in [0.15, 0.2) is 48.5 Å². The zero-order valence-electron chi connectivity index (χ0n) is 17.9. The first kappa shape index (κ1) is 19.6. The third kappa shape index (κ3) is 2.81. The molecule has 1 saturated heterocycles. The Balaban J connectivity index is 1.38. The lowest BCUT2D eigenvalue weighted by molar-refractivity contribution is 0.0981. The maximum absolute atomic E-state index is 13.6. The summed E-state index contributed by atoms with van der Waals surface area (Å²) in [5, 5.41) is 7.09. The van der Waals surface area contributed by atoms with E-state index < -0.39 is 5.66 Å². The Morgan fingerprint density at radius 2 is 1.45 bits per heavy atom. The van der Waals surface area contributed by atoms with Crippen LogP contribution in [0.25, 0.3) is 0 Å². The molecule has 0 aromatic heterocycles. The third-order valence-electron chi connectivity index (χ3n) is 6.87. The first-order valence-corrected chi connectivity index (χ1v) is 10.9. The fraction of sp³-hybridized carbons (Fsp3) is 0.200. The molecule has 2 aliphatic heterocycles. The number of fused-ring (bicyclic) bond motifs is 4. The largest absolute Gasteiger partial charge is 0.398 e. The lowest BCUT2D eigenvalue weighted by Crippen LogP contribution is -2.44. The second-order valence-corrected chi connectivity index (χ2v) is 9.07. The average molecular weight is 441 g/mol. The molecule has 0 radical (unpaired) electrons. The van der Waals surface area contributed by atoms with Crippen LogP contribution in [0.1, 0.15) is 43.8 Å². The second kappa shape index (κ2) is 6.73. The van der Waals surface area contributed by atoms with Gasteiger partial charge in [-0.15, -0.1) is 0 Å². The summed E-state index contributed by atoms with van der Waals surface area (Å²) < 4.78 is 0. The van der Waals surface area contributed by atoms with Gasteiger partial charge < -0.3 is 27.8 Å². The second-order valence-electron chi connectivity index (χ2n) is 9.07. The highest BCUT2D eigenvalue weighted by atomic mass is 16.1. The molecular weight excluding hydrogens is 416 g/mol. The number of benzene rings is 3. The summed E-state index contributed by atoms with van der Waals surface area (Å²) in [4.78, 5) is 29.4. The van der Waals surface area contributed by atoms with Crippen LogP contribution in [0, 0.1) is 0 Å². The minimum atomic E-state index is -0.441. The molecule has 2 heterocycles. The Morgan fingerprint density at radius 1 is 0.818 bits per heavy atom. The van der Waals surface area contributed by atoms with Gasteiger partial charge in [0.2, 0.25) is 0 Å². The molecule has 8 N–H and O–H groups in total. The molecule has 1 fully saturated rings. The van der Waals surface area contributed by atoms with Crippen molar-refractivity contribution in [2.24, 2.45) is 0 Å². The van der Waals surface area contributed by atoms with E-state index >= 15 is 0 Å². The van der Waals surface area contributed by atoms with Gasteiger partial charge in [-0.25, -0.2) is 0 Å². The number of hydrogen-bond acceptors (Lipinski definition) is 8. The summed E-state index contributed by atoms with van der Waals surface area (Å²) in [6, 6.07) is 15.2. The number of rotatable bonds is 2. The molecule has 166 valence electrons. The zero-order valence-corrected chi connectivity index (χ0v) is 17.9. The summed E-state index contributed by atoms with van der Waals surface area (Å²) in [6.45, 7) is 2.46. The molecule has 3 aromatic carbocycles. The number of likely N-dealkylation sites (tertiary alicyclic amines) is 1. The highest BCUT2D eigenvalue weighted by Gasteiger charge is 2.46. The van der Waals surface area contributed by atoms with Crippen molar-refractivity contribution < 1.29 is 9.59 Å². The molecule has 1 unspecified atom stereocenters. The summed E-state index contributed by atoms with van der Waals surface area (Å²) in [6.07, 6.45) is 0.830. The highest BCUT2D eigenvalue weighted by molar-refractivity contribution is 6.35. The van der Waals surface area contributed by atoms with E-state index in [0.29, 0.717) is 5.69 Å². The standard InChI is InChI=1S/C25H24N6O2/c26-14-6-7-15(27)19-18(14)23(32)20-16(28)10-17-22(21(20)24(19)33)30-25(29-17)8-9-31(12-25)11-13-4-2-1-3-5-13/h1-7,10,29-30H,8-9,11-12,26-28H2. The number of ketones is 2. The maximum atomic E-state index is 13.6. The molecular formula is C25H24N6O2. The minimum Gasteiger partial charge on any atom is -0.398 e. The molecule has 1 atom stereocenters. The first-order chi connectivity index (χ1) is 15.9. The molecule has 8 heteroatoms. The predicted octanol–water partition coefficient (Wildman–Crippen LogP) is 2.65. The van der Waals surface area contributed by atoms with Crippen molar-refractivity contribution in [1.29, 1.82) is 0 Å². The topological polar surface area (TPSA) is 139 Å². The van der Waals surface area contributed by atoms with E-state index in [1.165, 1.54) is 5.56 Å². The van der Waals surface area contributed by atoms with Crippen molar-refractivity contribution in [2.45, 2.75) is 18.6 Å². The Labute approximate surface area is 190 Å². The van der Waals surface area contributed by atoms with E-state index in [0.717, 1.165) is 31.7 Å². The van der Waals surface area contributed by atoms with Gasteiger partial charge in [-0.2, -0.15) is 0 Å². The van der Waals surface area contributed by atoms with Crippen molar-refractivity contribution in [1.82, 2.24) is 4.90 Å². The molecule has 1 aliphatic carbocycles. The van der Waals surface area contributed by atoms with Gasteiger partial charge in [-0.1, -0.05) is 30.3 Å². The van der Waals surface area contributed by atoms with Crippen molar-refractivity contribution in [3.05, 3.63) is 76.3 Å². The quantitative estimate of drug-likeness (QED) is 0.300. The van der Waals surface area contributed by atoms with Gasteiger partial charge in [0, 0.05) is 43.1 Å². The SMILES string of the molecule is Nc1ccc(N)c2c1C(=O)c1c(N)cc3c(c1C2=O)NC1(CCN(Cc2ccccc2)C1)N3. The van der Waals surface area contributed by atoms with E-state index in [4.69, 9.17) is 17.2 Å². The summed E-state index contributed by atoms with van der Waals surface area (Å²) in [7, 11) is 0. The molecule has 33 heavy (non-hydrogen) atoms. The monoisotopic (exact) mass is 440 g/mol. The van der Waals surface area contributed by atoms with Crippen LogP contribution in [0.2, 0.25) is 0 Å². The lowest BCUT2D eigenvalue weighted by atomic mass is 9.80. The lowest BCUT2D eigenvalue weighted by Gasteiger charge is -2.27. The van der Waals surface area contributed by atoms with Gasteiger partial charge in [0.05, 0.1) is 33.6 Å². The molecule has 1 spiro atoms. The van der Waals surface area contributed by atoms with Gasteiger partial charge in [0.15, 0.2) is 11.6 Å². The Kier molecular flexibility index (Phi) is 4.00. The van der Waals surface area contributed by atoms with E-state index in [-0.39, 0.29) is 50.9 Å². The van der Waals surface area contributed by atoms with Gasteiger partial charge in [0.1, 0.15) is 5.66 Å². The number of nitrogens with one attached hydrogen (secondary N) is 2. The average Bonchev–Trinajstić information content (AvgIpc) is 3.35. The van der Waals surface area contributed by atoms with E-state index in [1.807, 2.05) is 18.2 Å². The number of anilines is 5. The van der Waals surface area contributed by atoms with Gasteiger partial charge >= 0.3 is 0 Å². The molecule has 6 rings (SSSR count). The Bertz CT molecular complexity index is 1350. The number of carbonyl (C=O) groups is 2. The molecule has 0 amide bonds. The summed E-state index contributed by atoms with van der Waals surface area (Å²) in [5.41, 5.74) is 22.0. The smallest absolute Gasteiger partial charge is 0.198 e. The maximum Gasteiger partial charge on any atom is 0.198 e. The van der Waals surface area contributed by atoms with Crippen LogP contribution in [0.4, 0.5) is 28.4 Å². The van der Waals surface area contributed by atoms with Crippen LogP contribution >= 0.6 is 0 Å². The van der Waals surface area contributed by atoms with Crippen molar-refractivity contribution in [3.63, 3.8) is 0 Å². The first-order valence-electron chi connectivity index (χ1n) is 10.9. The zero-order chi connectivity index (χ0) is 22.9. The van der Waals surface area contributed by atoms with Crippen molar-refractivity contribution in [2.75, 3.05) is 40.9 Å². The van der Waals surface area contributed by atoms with Crippen LogP contribution < -0.4 is 27.8 Å². The number of hydrogen-bond donors (Lipinski definition) is 5. The Morgan fingerprint density at radius 3 is 2.15 bits per heavy atom. The minimum absolute atomic E-state index is 0.134. The summed E-state index contributed by atoms with van der Waals surface area (Å²) in [5.74, 6) is -0.706. The number of nitrogen functional groups attached to an aromatic ring is 3. The predicted molar refractivity (Wildman–Crippen MR) is 129 cm³/mol. The van der Waals surface area contributed by atoms with Gasteiger partial charge in [-0.05, 0) is 23.8 Å². The van der Waals surface area contributed by atoms with E-state index in [9.17, 15) is 9.59 Å². The molecule has 0 saturated carbocycles. The summed E-state index contributed by atoms with van der Waals surface area (Å²) >= 11 is 0. The fourth-order valence-electron chi connectivity index (χ4n) is 5.38. The fourth-order valence-corrected chi connectivity index (χ4v) is 5.38. The Hall–Kier alpha value is -4.04. The molecule has 3 aliphatic rings. The van der Waals surface area contributed by atoms with E-state index in [1.54, 1.807) is 18.2 Å². The van der Waals surface area contributed by atoms with Crippen LogP contribution in [0.3, 0.4) is 0 Å². The number of nitrogens with two attached hydrogens (primary N) is 3.